The van der Waals surface area contributed by atoms with Gasteiger partial charge in [0.25, 0.3) is 0 Å². The highest BCUT2D eigenvalue weighted by atomic mass is 32.1. The zero-order valence-electron chi connectivity index (χ0n) is 8.30. The van der Waals surface area contributed by atoms with Crippen molar-refractivity contribution in [2.45, 2.75) is 32.8 Å². The summed E-state index contributed by atoms with van der Waals surface area (Å²) < 4.78 is 1.71. The summed E-state index contributed by atoms with van der Waals surface area (Å²) >= 11 is 1.37. The maximum Gasteiger partial charge on any atom is 0.234 e. The van der Waals surface area contributed by atoms with E-state index < -0.39 is 6.10 Å². The highest BCUT2D eigenvalue weighted by Gasteiger charge is 2.15. The lowest BCUT2D eigenvalue weighted by Crippen LogP contribution is -1.99. The van der Waals surface area contributed by atoms with E-state index in [1.807, 2.05) is 13.8 Å². The Morgan fingerprint density at radius 2 is 2.00 bits per heavy atom. The van der Waals surface area contributed by atoms with E-state index in [0.29, 0.717) is 5.01 Å². The van der Waals surface area contributed by atoms with Gasteiger partial charge in [0.1, 0.15) is 11.1 Å². The van der Waals surface area contributed by atoms with Gasteiger partial charge in [-0.25, -0.2) is 0 Å². The van der Waals surface area contributed by atoms with Crippen molar-refractivity contribution in [2.75, 3.05) is 0 Å². The molecule has 2 aromatic rings. The van der Waals surface area contributed by atoms with Crippen LogP contribution in [0.15, 0.2) is 0 Å². The van der Waals surface area contributed by atoms with Crippen LogP contribution in [-0.4, -0.2) is 24.9 Å². The zero-order valence-corrected chi connectivity index (χ0v) is 9.12. The predicted molar refractivity (Wildman–Crippen MR) is 53.4 cm³/mol. The molecule has 2 aromatic heterocycles. The second-order valence-electron chi connectivity index (χ2n) is 3.52. The fourth-order valence-electron chi connectivity index (χ4n) is 1.18. The van der Waals surface area contributed by atoms with E-state index in [-0.39, 0.29) is 5.92 Å². The summed E-state index contributed by atoms with van der Waals surface area (Å²) in [7, 11) is 0. The van der Waals surface area contributed by atoms with E-state index in [0.717, 1.165) is 10.8 Å². The minimum atomic E-state index is -0.540. The van der Waals surface area contributed by atoms with Gasteiger partial charge >= 0.3 is 0 Å². The Kier molecular flexibility index (Phi) is 2.24. The summed E-state index contributed by atoms with van der Waals surface area (Å²) in [5, 5.41) is 22.3. The smallest absolute Gasteiger partial charge is 0.234 e. The van der Waals surface area contributed by atoms with Crippen LogP contribution in [0, 0.1) is 0 Å². The first kappa shape index (κ1) is 9.54. The third-order valence-corrected chi connectivity index (χ3v) is 2.97. The standard InChI is InChI=1S/C8H12N4OS/c1-4(2)6-9-10-8-12(6)11-7(14-8)5(3)13/h4-5,13H,1-3H3. The summed E-state index contributed by atoms with van der Waals surface area (Å²) in [6, 6.07) is 0. The average Bonchev–Trinajstić information content (AvgIpc) is 2.58. The maximum absolute atomic E-state index is 9.36. The van der Waals surface area contributed by atoms with Crippen molar-refractivity contribution in [1.29, 1.82) is 0 Å². The second kappa shape index (κ2) is 3.29. The molecule has 0 fully saturated rings. The van der Waals surface area contributed by atoms with E-state index in [4.69, 9.17) is 0 Å². The highest BCUT2D eigenvalue weighted by molar-refractivity contribution is 7.16. The topological polar surface area (TPSA) is 63.3 Å². The summed E-state index contributed by atoms with van der Waals surface area (Å²) in [4.78, 5) is 0.740. The molecule has 14 heavy (non-hydrogen) atoms. The fraction of sp³-hybridized carbons (Fsp3) is 0.625. The number of aliphatic hydroxyl groups excluding tert-OH is 1. The van der Waals surface area contributed by atoms with Crippen LogP contribution in [0.2, 0.25) is 0 Å². The van der Waals surface area contributed by atoms with Crippen LogP contribution in [0.4, 0.5) is 0 Å². The Morgan fingerprint density at radius 3 is 2.57 bits per heavy atom. The molecule has 0 amide bonds. The normalized spacial score (nSPS) is 14.1. The van der Waals surface area contributed by atoms with Crippen LogP contribution in [-0.2, 0) is 0 Å². The molecule has 0 aromatic carbocycles. The quantitative estimate of drug-likeness (QED) is 0.816. The van der Waals surface area contributed by atoms with Crippen molar-refractivity contribution in [3.8, 4) is 0 Å². The van der Waals surface area contributed by atoms with Crippen LogP contribution in [0.25, 0.3) is 4.96 Å². The van der Waals surface area contributed by atoms with E-state index in [9.17, 15) is 5.11 Å². The van der Waals surface area contributed by atoms with Crippen LogP contribution >= 0.6 is 11.3 Å². The van der Waals surface area contributed by atoms with Gasteiger partial charge in [0, 0.05) is 5.92 Å². The molecule has 1 atom stereocenters. The molecule has 2 rings (SSSR count). The van der Waals surface area contributed by atoms with Crippen LogP contribution in [0.3, 0.4) is 0 Å². The van der Waals surface area contributed by atoms with Crippen molar-refractivity contribution in [2.24, 2.45) is 0 Å². The molecule has 0 spiro atoms. The minimum absolute atomic E-state index is 0.286. The summed E-state index contributed by atoms with van der Waals surface area (Å²) in [6.07, 6.45) is -0.540. The Balaban J connectivity index is 2.56. The molecular formula is C8H12N4OS. The molecule has 0 radical (unpaired) electrons. The minimum Gasteiger partial charge on any atom is -0.386 e. The van der Waals surface area contributed by atoms with Gasteiger partial charge in [0.05, 0.1) is 0 Å². The summed E-state index contributed by atoms with van der Waals surface area (Å²) in [5.41, 5.74) is 0. The van der Waals surface area contributed by atoms with Crippen molar-refractivity contribution in [3.05, 3.63) is 10.8 Å². The first-order chi connectivity index (χ1) is 6.59. The molecule has 0 saturated carbocycles. The number of nitrogens with zero attached hydrogens (tertiary/aromatic N) is 4. The lowest BCUT2D eigenvalue weighted by atomic mass is 10.2. The van der Waals surface area contributed by atoms with Crippen molar-refractivity contribution < 1.29 is 5.11 Å². The molecule has 0 aliphatic heterocycles. The second-order valence-corrected chi connectivity index (χ2v) is 4.51. The Hall–Kier alpha value is -1.01. The number of hydrogen-bond donors (Lipinski definition) is 1. The summed E-state index contributed by atoms with van der Waals surface area (Å²) in [5.74, 6) is 1.12. The number of hydrogen-bond acceptors (Lipinski definition) is 5. The van der Waals surface area contributed by atoms with Gasteiger partial charge in [-0.15, -0.1) is 10.2 Å². The van der Waals surface area contributed by atoms with Crippen LogP contribution in [0.5, 0.6) is 0 Å². The summed E-state index contributed by atoms with van der Waals surface area (Å²) in [6.45, 7) is 5.77. The Bertz CT molecular complexity index is 445. The largest absolute Gasteiger partial charge is 0.386 e. The fourth-order valence-corrected chi connectivity index (χ4v) is 1.96. The number of aromatic nitrogens is 4. The molecule has 76 valence electrons. The highest BCUT2D eigenvalue weighted by Crippen LogP contribution is 2.22. The molecule has 0 aliphatic rings. The van der Waals surface area contributed by atoms with Gasteiger partial charge in [-0.2, -0.15) is 9.61 Å². The van der Waals surface area contributed by atoms with Crippen molar-refractivity contribution in [3.63, 3.8) is 0 Å². The van der Waals surface area contributed by atoms with E-state index in [1.165, 1.54) is 11.3 Å². The molecule has 1 unspecified atom stereocenters. The van der Waals surface area contributed by atoms with Gasteiger partial charge in [0.2, 0.25) is 4.96 Å². The molecule has 1 N–H and O–H groups in total. The van der Waals surface area contributed by atoms with Gasteiger partial charge in [-0.3, -0.25) is 0 Å². The third-order valence-electron chi connectivity index (χ3n) is 1.90. The molecular weight excluding hydrogens is 200 g/mol. The van der Waals surface area contributed by atoms with Gasteiger partial charge in [-0.1, -0.05) is 25.2 Å². The lowest BCUT2D eigenvalue weighted by Gasteiger charge is -1.98. The molecule has 0 saturated heterocycles. The van der Waals surface area contributed by atoms with Gasteiger partial charge < -0.3 is 5.11 Å². The monoisotopic (exact) mass is 212 g/mol. The maximum atomic E-state index is 9.36. The van der Waals surface area contributed by atoms with Gasteiger partial charge in [-0.05, 0) is 6.92 Å². The van der Waals surface area contributed by atoms with Crippen LogP contribution in [0.1, 0.15) is 43.6 Å². The molecule has 0 bridgehead atoms. The predicted octanol–water partition coefficient (Wildman–Crippen LogP) is 1.36. The SMILES string of the molecule is CC(C)c1nnc2sc(C(C)O)nn12. The molecule has 0 aliphatic carbocycles. The van der Waals surface area contributed by atoms with E-state index in [1.54, 1.807) is 11.4 Å². The lowest BCUT2D eigenvalue weighted by molar-refractivity contribution is 0.197. The Morgan fingerprint density at radius 1 is 1.29 bits per heavy atom. The number of fused-ring (bicyclic) bond motifs is 1. The van der Waals surface area contributed by atoms with Crippen molar-refractivity contribution in [1.82, 2.24) is 19.8 Å². The molecule has 6 heteroatoms. The van der Waals surface area contributed by atoms with Crippen molar-refractivity contribution >= 4 is 16.3 Å². The van der Waals surface area contributed by atoms with E-state index in [2.05, 4.69) is 15.3 Å². The van der Waals surface area contributed by atoms with Gasteiger partial charge in [0.15, 0.2) is 5.82 Å². The average molecular weight is 212 g/mol. The first-order valence-electron chi connectivity index (χ1n) is 4.49. The van der Waals surface area contributed by atoms with Crippen LogP contribution < -0.4 is 0 Å². The zero-order chi connectivity index (χ0) is 10.3. The Labute approximate surface area is 85.4 Å². The molecule has 5 nitrogen and oxygen atoms in total. The first-order valence-corrected chi connectivity index (χ1v) is 5.31. The van der Waals surface area contributed by atoms with E-state index >= 15 is 0 Å². The third kappa shape index (κ3) is 1.40. The molecule has 2 heterocycles. The number of aliphatic hydroxyl groups is 1. The number of rotatable bonds is 2.